The topological polar surface area (TPSA) is 212 Å². The van der Waals surface area contributed by atoms with Crippen LogP contribution in [-0.2, 0) is 4.74 Å². The van der Waals surface area contributed by atoms with Crippen molar-refractivity contribution < 1.29 is 36.0 Å². The monoisotopic (exact) mass is 1710 g/mol. The smallest absolute Gasteiger partial charge is 0.160 e. The average Bonchev–Trinajstić information content (AvgIpc) is 3.74. The van der Waals surface area contributed by atoms with Crippen LogP contribution in [0.1, 0.15) is 17.9 Å². The van der Waals surface area contributed by atoms with Gasteiger partial charge in [0.2, 0.25) is 0 Å². The first-order chi connectivity index (χ1) is 30.2. The third kappa shape index (κ3) is 20.9. The van der Waals surface area contributed by atoms with Crippen molar-refractivity contribution in [2.24, 2.45) is 0 Å². The molecule has 0 bridgehead atoms. The third-order valence-electron chi connectivity index (χ3n) is 7.31. The zero-order valence-electron chi connectivity index (χ0n) is 32.1. The molecule has 5 aromatic heterocycles. The Morgan fingerprint density at radius 3 is 1.51 bits per heavy atom. The number of benzene rings is 3. The number of carbonyl (C=O) groups is 1. The van der Waals surface area contributed by atoms with Gasteiger partial charge in [-0.05, 0) is 141 Å². The summed E-state index contributed by atoms with van der Waals surface area (Å²) in [5.74, 6) is -0.297. The number of anilines is 3. The number of esters is 1. The number of nitrogens with two attached hydrogens (primary N) is 3. The number of carbonyl (C=O) groups excluding carboxylic acids is 1. The molecular weight excluding hydrogens is 1680 g/mol. The molecule has 0 unspecified atom stereocenters. The number of nitrogen functional groups attached to an aromatic ring is 3. The van der Waals surface area contributed by atoms with Gasteiger partial charge in [0.05, 0.1) is 39.3 Å². The SMILES string of the molecule is C.COC(=O)c1cn2nc(-c3ccc(F)cc3)cc(Br)c2n1.I.II.I[I-]I.Nc1ccc(-c2ccc(F)cc2)nn1.Nc1ccc(Cl)nn1.Nc1nnc(-c2ccc(F)cc2)cc1Br. The molecule has 0 saturated heterocycles. The van der Waals surface area contributed by atoms with E-state index in [1.165, 1.54) is 54.2 Å². The molecule has 6 N–H and O–H groups in total. The summed E-state index contributed by atoms with van der Waals surface area (Å²) < 4.78 is 45.7. The first kappa shape index (κ1) is 60.8. The van der Waals surface area contributed by atoms with E-state index in [0.717, 1.165) is 16.7 Å². The Bertz CT molecular complexity index is 2590. The van der Waals surface area contributed by atoms with Gasteiger partial charge in [0, 0.05) is 53.9 Å². The minimum absolute atomic E-state index is 0. The van der Waals surface area contributed by atoms with Gasteiger partial charge in [-0.2, -0.15) is 5.10 Å². The predicted octanol–water partition coefficient (Wildman–Crippen LogP) is 10.1. The van der Waals surface area contributed by atoms with Crippen LogP contribution in [0.3, 0.4) is 0 Å². The fourth-order valence-corrected chi connectivity index (χ4v) is 5.37. The van der Waals surface area contributed by atoms with Gasteiger partial charge in [0.25, 0.3) is 0 Å². The van der Waals surface area contributed by atoms with E-state index in [1.54, 1.807) is 72.8 Å². The van der Waals surface area contributed by atoms with Crippen LogP contribution in [-0.4, -0.2) is 58.3 Å². The number of fused-ring (bicyclic) bond motifs is 1. The van der Waals surface area contributed by atoms with Crippen molar-refractivity contribution in [3.05, 3.63) is 153 Å². The molecule has 5 heterocycles. The van der Waals surface area contributed by atoms with Gasteiger partial charge in [-0.15, -0.1) is 54.6 Å². The second kappa shape index (κ2) is 32.5. The molecule has 0 atom stereocenters. The number of hydrogen-bond acceptors (Lipinski definition) is 13. The summed E-state index contributed by atoms with van der Waals surface area (Å²) in [6.07, 6.45) is 1.49. The zero-order chi connectivity index (χ0) is 46.5. The molecule has 0 radical (unpaired) electrons. The summed E-state index contributed by atoms with van der Waals surface area (Å²) in [5.41, 5.74) is 21.1. The number of halogens is 12. The Kier molecular flexibility index (Phi) is 30.5. The van der Waals surface area contributed by atoms with Crippen molar-refractivity contribution in [1.82, 2.24) is 45.2 Å². The van der Waals surface area contributed by atoms with Crippen molar-refractivity contribution >= 4 is 171 Å². The molecule has 0 fully saturated rings. The normalized spacial score (nSPS) is 9.58. The van der Waals surface area contributed by atoms with Crippen molar-refractivity contribution in [1.29, 1.82) is 0 Å². The fourth-order valence-electron chi connectivity index (χ4n) is 4.49. The summed E-state index contributed by atoms with van der Waals surface area (Å²) in [6, 6.07) is 28.2. The van der Waals surface area contributed by atoms with E-state index in [4.69, 9.17) is 28.8 Å². The number of hydrogen-bond donors (Lipinski definition) is 3. The molecule has 0 amide bonds. The molecule has 8 aromatic rings. The maximum absolute atomic E-state index is 13.0. The van der Waals surface area contributed by atoms with Crippen LogP contribution in [0.2, 0.25) is 5.15 Å². The van der Waals surface area contributed by atoms with Gasteiger partial charge in [-0.3, -0.25) is 0 Å². The van der Waals surface area contributed by atoms with Gasteiger partial charge >= 0.3 is 56.5 Å². The molecule has 0 saturated carbocycles. The molecule has 3 aromatic carbocycles. The average molecular weight is 1720 g/mol. The Balaban J connectivity index is 0.000000431. The summed E-state index contributed by atoms with van der Waals surface area (Å²) >= 11 is 21.6. The Hall–Kier alpha value is -2.19. The Morgan fingerprint density at radius 1 is 0.662 bits per heavy atom. The van der Waals surface area contributed by atoms with E-state index in [0.29, 0.717) is 67.5 Å². The van der Waals surface area contributed by atoms with Crippen molar-refractivity contribution in [3.63, 3.8) is 0 Å². The van der Waals surface area contributed by atoms with Gasteiger partial charge in [0.15, 0.2) is 22.3 Å². The third-order valence-corrected chi connectivity index (χ3v) is 8.73. The molecule has 0 spiro atoms. The number of rotatable bonds is 4. The van der Waals surface area contributed by atoms with Crippen LogP contribution < -0.4 is 30.5 Å². The first-order valence-electron chi connectivity index (χ1n) is 16.8. The van der Waals surface area contributed by atoms with Crippen molar-refractivity contribution in [2.45, 2.75) is 7.43 Å². The number of imidazole rings is 1. The predicted molar refractivity (Wildman–Crippen MR) is 298 cm³/mol. The molecule has 0 aliphatic carbocycles. The van der Waals surface area contributed by atoms with E-state index in [9.17, 15) is 18.0 Å². The van der Waals surface area contributed by atoms with Crippen molar-refractivity contribution in [2.75, 3.05) is 24.3 Å². The molecule has 0 aliphatic heterocycles. The van der Waals surface area contributed by atoms with E-state index in [1.807, 2.05) is 0 Å². The van der Waals surface area contributed by atoms with Crippen molar-refractivity contribution in [3.8, 4) is 33.8 Å². The molecule has 65 heavy (non-hydrogen) atoms. The maximum Gasteiger partial charge on any atom is 0.160 e. The van der Waals surface area contributed by atoms with E-state index < -0.39 is 5.97 Å². The van der Waals surface area contributed by atoms with E-state index >= 15 is 0 Å². The molecule has 8 rings (SSSR count). The summed E-state index contributed by atoms with van der Waals surface area (Å²) in [4.78, 5) is 15.7. The first-order valence-corrected chi connectivity index (χ1v) is 37.6. The summed E-state index contributed by atoms with van der Waals surface area (Å²) in [6.45, 7) is 0. The second-order valence-electron chi connectivity index (χ2n) is 11.4. The number of ether oxygens (including phenoxy) is 1. The minimum Gasteiger partial charge on any atom is -0.382 e. The quantitative estimate of drug-likeness (QED) is 0.111. The van der Waals surface area contributed by atoms with Crippen LogP contribution in [0, 0.1) is 17.5 Å². The number of nitrogens with zero attached hydrogens (tertiary/aromatic N) is 9. The molecular formula is C39H33Br2ClF3I6N12O2-. The van der Waals surface area contributed by atoms with E-state index in [2.05, 4.69) is 152 Å². The number of methoxy groups -OCH3 is 1. The largest absolute Gasteiger partial charge is 0.382 e. The molecule has 14 nitrogen and oxygen atoms in total. The maximum atomic E-state index is 13.0. The van der Waals surface area contributed by atoms with Crippen LogP contribution in [0.25, 0.3) is 39.4 Å². The second-order valence-corrected chi connectivity index (χ2v) is 29.8. The van der Waals surface area contributed by atoms with E-state index in [-0.39, 0.29) is 54.5 Å². The molecule has 26 heteroatoms. The van der Waals surface area contributed by atoms with Gasteiger partial charge in [-0.25, -0.2) is 27.5 Å². The van der Waals surface area contributed by atoms with Crippen LogP contribution in [0.4, 0.5) is 30.6 Å². The number of aromatic nitrogens is 9. The minimum atomic E-state index is -0.532. The zero-order valence-corrected chi connectivity index (χ0v) is 49.2. The van der Waals surface area contributed by atoms with Gasteiger partial charge in [0.1, 0.15) is 29.1 Å². The van der Waals surface area contributed by atoms with Gasteiger partial charge < -0.3 is 21.9 Å². The van der Waals surface area contributed by atoms with Crippen LogP contribution >= 0.6 is 142 Å². The summed E-state index contributed by atoms with van der Waals surface area (Å²) in [5, 5.41) is 26.9. The standard InChI is InChI=1S/C14H9BrFN3O2.C10H7BrFN3.C10H8FN3.C4H4ClN3.CH4.I3.I2.HI/c1-21-14(20)12-7-19-13(17-12)10(15)6-11(18-19)8-2-4-9(16)5-3-8;11-8-5-9(14-15-10(8)13)6-1-3-7(12)4-2-6;11-8-3-1-7(2-4-8)9-5-6-10(12)14-13-9;5-3-1-2-4(6)8-7-3;;1-3-2;1-2;/h2-7H,1H3;1-5H,(H2,13,15);1-6H,(H2,12,14);1-2H,(H2,6,8);1H4;;;1H/q;;;;;-1;;. The summed E-state index contributed by atoms with van der Waals surface area (Å²) in [7, 11) is 1.29. The molecule has 346 valence electrons. The Morgan fingerprint density at radius 2 is 1.09 bits per heavy atom. The van der Waals surface area contributed by atoms with Crippen LogP contribution in [0.5, 0.6) is 0 Å². The molecule has 0 aliphatic rings. The van der Waals surface area contributed by atoms with Gasteiger partial charge in [-0.1, -0.05) is 19.0 Å². The fraction of sp³-hybridized carbons (Fsp3) is 0.0513. The van der Waals surface area contributed by atoms with Crippen LogP contribution in [0.15, 0.2) is 124 Å². The Labute approximate surface area is 463 Å².